The Morgan fingerprint density at radius 3 is 2.30 bits per heavy atom. The Balaban J connectivity index is 2.71. The summed E-state index contributed by atoms with van der Waals surface area (Å²) in [5.74, 6) is 0. The molecule has 1 aromatic carbocycles. The first-order valence-corrected chi connectivity index (χ1v) is 6.87. The Morgan fingerprint density at radius 2 is 1.80 bits per heavy atom. The van der Waals surface area contributed by atoms with Gasteiger partial charge < -0.3 is 5.32 Å². The number of nitrogens with zero attached hydrogens (tertiary/aromatic N) is 1. The number of hydrogen-bond acceptors (Lipinski definition) is 2. The molecule has 20 heavy (non-hydrogen) atoms. The Hall–Kier alpha value is -1.07. The molecule has 114 valence electrons. The summed E-state index contributed by atoms with van der Waals surface area (Å²) >= 11 is 0. The lowest BCUT2D eigenvalue weighted by Gasteiger charge is -2.26. The summed E-state index contributed by atoms with van der Waals surface area (Å²) < 4.78 is 37.2. The van der Waals surface area contributed by atoms with E-state index in [4.69, 9.17) is 0 Å². The van der Waals surface area contributed by atoms with Crippen molar-refractivity contribution in [3.63, 3.8) is 0 Å². The second kappa shape index (κ2) is 7.64. The van der Waals surface area contributed by atoms with Gasteiger partial charge in [0.05, 0.1) is 6.54 Å². The molecule has 0 heterocycles. The van der Waals surface area contributed by atoms with Gasteiger partial charge in [0.25, 0.3) is 0 Å². The molecule has 0 amide bonds. The average molecular weight is 288 g/mol. The zero-order valence-corrected chi connectivity index (χ0v) is 12.3. The number of likely N-dealkylation sites (N-methyl/N-ethyl adjacent to an activating group) is 1. The molecule has 0 saturated heterocycles. The van der Waals surface area contributed by atoms with E-state index >= 15 is 0 Å². The highest BCUT2D eigenvalue weighted by Gasteiger charge is 2.30. The minimum absolute atomic E-state index is 0.0806. The summed E-state index contributed by atoms with van der Waals surface area (Å²) in [6, 6.07) is 7.84. The van der Waals surface area contributed by atoms with E-state index in [2.05, 4.69) is 5.32 Å². The normalized spacial score (nSPS) is 13.8. The van der Waals surface area contributed by atoms with Crippen LogP contribution in [0, 0.1) is 6.92 Å². The minimum atomic E-state index is -4.16. The second-order valence-corrected chi connectivity index (χ2v) is 5.23. The number of alkyl halides is 3. The van der Waals surface area contributed by atoms with E-state index < -0.39 is 12.7 Å². The van der Waals surface area contributed by atoms with Crippen molar-refractivity contribution in [1.29, 1.82) is 0 Å². The molecule has 1 aromatic rings. The van der Waals surface area contributed by atoms with Gasteiger partial charge in [0.15, 0.2) is 0 Å². The maximum atomic E-state index is 12.4. The molecule has 0 aromatic heterocycles. The van der Waals surface area contributed by atoms with Crippen molar-refractivity contribution in [2.45, 2.75) is 32.5 Å². The molecule has 1 unspecified atom stereocenters. The fraction of sp³-hybridized carbons (Fsp3) is 0.600. The van der Waals surface area contributed by atoms with Gasteiger partial charge in [-0.05, 0) is 32.5 Å². The number of rotatable bonds is 7. The SMILES string of the molecule is CCCNC(CN(C)CC(F)(F)F)c1ccc(C)cc1. The summed E-state index contributed by atoms with van der Waals surface area (Å²) in [7, 11) is 1.50. The first-order chi connectivity index (χ1) is 9.31. The zero-order chi connectivity index (χ0) is 15.2. The van der Waals surface area contributed by atoms with Crippen LogP contribution < -0.4 is 5.32 Å². The van der Waals surface area contributed by atoms with Crippen LogP contribution in [0.2, 0.25) is 0 Å². The molecule has 1 rings (SSSR count). The van der Waals surface area contributed by atoms with Gasteiger partial charge in [0, 0.05) is 12.6 Å². The molecular weight excluding hydrogens is 265 g/mol. The van der Waals surface area contributed by atoms with Gasteiger partial charge in [-0.25, -0.2) is 0 Å². The Labute approximate surface area is 119 Å². The molecule has 0 aliphatic rings. The zero-order valence-electron chi connectivity index (χ0n) is 12.3. The number of halogens is 3. The molecule has 0 saturated carbocycles. The molecule has 0 radical (unpaired) electrons. The molecule has 0 bridgehead atoms. The van der Waals surface area contributed by atoms with Crippen LogP contribution in [0.1, 0.15) is 30.5 Å². The smallest absolute Gasteiger partial charge is 0.309 e. The topological polar surface area (TPSA) is 15.3 Å². The van der Waals surface area contributed by atoms with Crippen LogP contribution in [0.15, 0.2) is 24.3 Å². The molecule has 1 N–H and O–H groups in total. The first kappa shape index (κ1) is 17.0. The number of hydrogen-bond donors (Lipinski definition) is 1. The van der Waals surface area contributed by atoms with Gasteiger partial charge in [-0.3, -0.25) is 4.90 Å². The lowest BCUT2D eigenvalue weighted by Crippen LogP contribution is -2.38. The Kier molecular flexibility index (Phi) is 6.49. The van der Waals surface area contributed by atoms with Crippen molar-refractivity contribution >= 4 is 0 Å². The van der Waals surface area contributed by atoms with Crippen molar-refractivity contribution in [1.82, 2.24) is 10.2 Å². The van der Waals surface area contributed by atoms with Crippen molar-refractivity contribution in [2.75, 3.05) is 26.7 Å². The van der Waals surface area contributed by atoms with Crippen molar-refractivity contribution < 1.29 is 13.2 Å². The lowest BCUT2D eigenvalue weighted by atomic mass is 10.0. The number of aryl methyl sites for hydroxylation is 1. The van der Waals surface area contributed by atoms with E-state index in [0.29, 0.717) is 6.54 Å². The van der Waals surface area contributed by atoms with Crippen LogP contribution in [0.5, 0.6) is 0 Å². The predicted octanol–water partition coefficient (Wildman–Crippen LogP) is 3.53. The third-order valence-corrected chi connectivity index (χ3v) is 3.06. The molecule has 0 aliphatic heterocycles. The van der Waals surface area contributed by atoms with Crippen LogP contribution >= 0.6 is 0 Å². The molecule has 2 nitrogen and oxygen atoms in total. The molecule has 1 atom stereocenters. The van der Waals surface area contributed by atoms with Crippen molar-refractivity contribution in [3.8, 4) is 0 Å². The maximum absolute atomic E-state index is 12.4. The quantitative estimate of drug-likeness (QED) is 0.825. The molecular formula is C15H23F3N2. The average Bonchev–Trinajstić information content (AvgIpc) is 2.33. The second-order valence-electron chi connectivity index (χ2n) is 5.23. The fourth-order valence-electron chi connectivity index (χ4n) is 2.09. The number of benzene rings is 1. The van der Waals surface area contributed by atoms with E-state index in [0.717, 1.165) is 24.1 Å². The predicted molar refractivity (Wildman–Crippen MR) is 75.8 cm³/mol. The van der Waals surface area contributed by atoms with E-state index in [1.165, 1.54) is 11.9 Å². The monoisotopic (exact) mass is 288 g/mol. The van der Waals surface area contributed by atoms with Crippen molar-refractivity contribution in [2.24, 2.45) is 0 Å². The standard InChI is InChI=1S/C15H23F3N2/c1-4-9-19-14(10-20(3)11-15(16,17)18)13-7-5-12(2)6-8-13/h5-8,14,19H,4,9-11H2,1-3H3. The van der Waals surface area contributed by atoms with Gasteiger partial charge in [-0.15, -0.1) is 0 Å². The van der Waals surface area contributed by atoms with Gasteiger partial charge in [-0.2, -0.15) is 13.2 Å². The Morgan fingerprint density at radius 1 is 1.20 bits per heavy atom. The van der Waals surface area contributed by atoms with Gasteiger partial charge in [-0.1, -0.05) is 36.8 Å². The molecule has 0 fully saturated rings. The molecule has 0 spiro atoms. The largest absolute Gasteiger partial charge is 0.401 e. The van der Waals surface area contributed by atoms with Gasteiger partial charge in [0.2, 0.25) is 0 Å². The van der Waals surface area contributed by atoms with E-state index in [1.54, 1.807) is 0 Å². The van der Waals surface area contributed by atoms with Gasteiger partial charge >= 0.3 is 6.18 Å². The van der Waals surface area contributed by atoms with E-state index in [1.807, 2.05) is 38.1 Å². The third-order valence-electron chi connectivity index (χ3n) is 3.06. The van der Waals surface area contributed by atoms with Gasteiger partial charge in [0.1, 0.15) is 0 Å². The molecule has 0 aliphatic carbocycles. The number of nitrogens with one attached hydrogen (secondary N) is 1. The van der Waals surface area contributed by atoms with Crippen molar-refractivity contribution in [3.05, 3.63) is 35.4 Å². The summed E-state index contributed by atoms with van der Waals surface area (Å²) in [6.45, 7) is 4.27. The Bertz CT molecular complexity index is 387. The lowest BCUT2D eigenvalue weighted by molar-refractivity contribution is -0.143. The van der Waals surface area contributed by atoms with Crippen LogP contribution in [0.4, 0.5) is 13.2 Å². The maximum Gasteiger partial charge on any atom is 0.401 e. The summed E-state index contributed by atoms with van der Waals surface area (Å²) in [4.78, 5) is 1.31. The highest BCUT2D eigenvalue weighted by atomic mass is 19.4. The summed E-state index contributed by atoms with van der Waals surface area (Å²) in [6.07, 6.45) is -3.21. The van der Waals surface area contributed by atoms with Crippen LogP contribution in [-0.2, 0) is 0 Å². The van der Waals surface area contributed by atoms with Crippen LogP contribution in [0.25, 0.3) is 0 Å². The third kappa shape index (κ3) is 6.39. The fourth-order valence-corrected chi connectivity index (χ4v) is 2.09. The van der Waals surface area contributed by atoms with Crippen LogP contribution in [0.3, 0.4) is 0 Å². The molecule has 5 heteroatoms. The van der Waals surface area contributed by atoms with Crippen LogP contribution in [-0.4, -0.2) is 37.8 Å². The highest BCUT2D eigenvalue weighted by molar-refractivity contribution is 5.24. The first-order valence-electron chi connectivity index (χ1n) is 6.87. The summed E-state index contributed by atoms with van der Waals surface area (Å²) in [5.41, 5.74) is 2.17. The van der Waals surface area contributed by atoms with E-state index in [-0.39, 0.29) is 6.04 Å². The highest BCUT2D eigenvalue weighted by Crippen LogP contribution is 2.19. The van der Waals surface area contributed by atoms with E-state index in [9.17, 15) is 13.2 Å². The minimum Gasteiger partial charge on any atom is -0.309 e. The summed E-state index contributed by atoms with van der Waals surface area (Å²) in [5, 5.41) is 3.31.